The van der Waals surface area contributed by atoms with E-state index in [1.165, 1.54) is 0 Å². The third-order valence-corrected chi connectivity index (χ3v) is 5.55. The van der Waals surface area contributed by atoms with E-state index in [9.17, 15) is 0 Å². The number of benzene rings is 1. The van der Waals surface area contributed by atoms with Crippen molar-refractivity contribution in [2.75, 3.05) is 6.54 Å². The molecule has 2 unspecified atom stereocenters. The van der Waals surface area contributed by atoms with Gasteiger partial charge < -0.3 is 15.0 Å². The van der Waals surface area contributed by atoms with Crippen LogP contribution >= 0.6 is 44.1 Å². The fourth-order valence-corrected chi connectivity index (χ4v) is 4.85. The normalized spacial score (nSPS) is 27.0. The molecule has 1 saturated heterocycles. The van der Waals surface area contributed by atoms with Gasteiger partial charge in [0.15, 0.2) is 10.8 Å². The maximum atomic E-state index is 6.39. The van der Waals surface area contributed by atoms with Crippen LogP contribution in [0.2, 0.25) is 0 Å². The van der Waals surface area contributed by atoms with Crippen molar-refractivity contribution in [3.8, 4) is 5.75 Å². The minimum absolute atomic E-state index is 0.206. The lowest BCUT2D eigenvalue weighted by Crippen LogP contribution is -2.64. The van der Waals surface area contributed by atoms with Gasteiger partial charge in [-0.2, -0.15) is 0 Å². The maximum Gasteiger partial charge on any atom is 0.184 e. The fourth-order valence-electron chi connectivity index (χ4n) is 3.09. The first-order chi connectivity index (χ1) is 9.94. The summed E-state index contributed by atoms with van der Waals surface area (Å²) in [7, 11) is 0. The van der Waals surface area contributed by atoms with Gasteiger partial charge in [0.05, 0.1) is 10.5 Å². The van der Waals surface area contributed by atoms with Crippen molar-refractivity contribution >= 4 is 49.2 Å². The van der Waals surface area contributed by atoms with Crippen LogP contribution in [0.3, 0.4) is 0 Å². The molecule has 2 bridgehead atoms. The first-order valence-corrected chi connectivity index (χ1v) is 9.20. The second-order valence-electron chi connectivity index (χ2n) is 5.79. The predicted octanol–water partition coefficient (Wildman–Crippen LogP) is 4.74. The van der Waals surface area contributed by atoms with E-state index in [-0.39, 0.29) is 11.8 Å². The molecule has 114 valence electrons. The third kappa shape index (κ3) is 2.70. The van der Waals surface area contributed by atoms with E-state index in [0.29, 0.717) is 0 Å². The first-order valence-electron chi connectivity index (χ1n) is 7.20. The minimum Gasteiger partial charge on any atom is -0.467 e. The van der Waals surface area contributed by atoms with E-state index < -0.39 is 0 Å². The lowest BCUT2D eigenvalue weighted by molar-refractivity contribution is -0.0690. The molecule has 1 fully saturated rings. The van der Waals surface area contributed by atoms with Gasteiger partial charge in [0.25, 0.3) is 0 Å². The molecule has 0 amide bonds. The van der Waals surface area contributed by atoms with Gasteiger partial charge in [-0.25, -0.2) is 0 Å². The highest BCUT2D eigenvalue weighted by atomic mass is 79.9. The van der Waals surface area contributed by atoms with Gasteiger partial charge in [-0.15, -0.1) is 0 Å². The molecule has 0 spiro atoms. The highest BCUT2D eigenvalue weighted by Crippen LogP contribution is 2.48. The summed E-state index contributed by atoms with van der Waals surface area (Å²) in [6, 6.07) is 4.34. The molecule has 3 rings (SSSR count). The van der Waals surface area contributed by atoms with E-state index in [1.807, 2.05) is 6.07 Å². The Kier molecular flexibility index (Phi) is 4.23. The van der Waals surface area contributed by atoms with Crippen molar-refractivity contribution in [1.82, 2.24) is 10.2 Å². The molecule has 0 radical (unpaired) electrons. The summed E-state index contributed by atoms with van der Waals surface area (Å²) in [5.74, 6) is 0.924. The fraction of sp³-hybridized carbons (Fsp3) is 0.533. The van der Waals surface area contributed by atoms with E-state index in [2.05, 4.69) is 62.0 Å². The van der Waals surface area contributed by atoms with Crippen LogP contribution in [-0.4, -0.2) is 22.3 Å². The van der Waals surface area contributed by atoms with Crippen molar-refractivity contribution in [3.63, 3.8) is 0 Å². The highest BCUT2D eigenvalue weighted by molar-refractivity contribution is 9.11. The van der Waals surface area contributed by atoms with Crippen LogP contribution in [-0.2, 0) is 0 Å². The number of fused-ring (bicyclic) bond motifs is 4. The van der Waals surface area contributed by atoms with Gasteiger partial charge in [-0.1, -0.05) is 29.3 Å². The van der Waals surface area contributed by atoms with Crippen LogP contribution in [0.15, 0.2) is 21.1 Å². The van der Waals surface area contributed by atoms with Crippen LogP contribution in [0.1, 0.15) is 44.7 Å². The Hall–Kier alpha value is -0.330. The smallest absolute Gasteiger partial charge is 0.184 e. The zero-order valence-corrected chi connectivity index (χ0v) is 16.1. The maximum absolute atomic E-state index is 6.39. The van der Waals surface area contributed by atoms with Gasteiger partial charge in [0.2, 0.25) is 0 Å². The third-order valence-electron chi connectivity index (χ3n) is 4.17. The van der Waals surface area contributed by atoms with Gasteiger partial charge in [0, 0.05) is 23.0 Å². The van der Waals surface area contributed by atoms with E-state index in [4.69, 9.17) is 17.0 Å². The van der Waals surface area contributed by atoms with E-state index >= 15 is 0 Å². The number of rotatable bonds is 3. The van der Waals surface area contributed by atoms with E-state index in [0.717, 1.165) is 51.2 Å². The lowest BCUT2D eigenvalue weighted by atomic mass is 9.90. The second kappa shape index (κ2) is 5.70. The number of halogens is 2. The van der Waals surface area contributed by atoms with Crippen LogP contribution in [0.5, 0.6) is 5.75 Å². The largest absolute Gasteiger partial charge is 0.467 e. The van der Waals surface area contributed by atoms with Crippen molar-refractivity contribution < 1.29 is 4.74 Å². The molecule has 1 aromatic rings. The molecule has 1 aromatic carbocycles. The number of hydrogen-bond donors (Lipinski definition) is 1. The summed E-state index contributed by atoms with van der Waals surface area (Å²) in [5, 5.41) is 4.27. The number of nitrogens with one attached hydrogen (secondary N) is 1. The molecule has 0 aliphatic carbocycles. The molecule has 2 aliphatic heterocycles. The molecular formula is C15H18Br2N2OS. The van der Waals surface area contributed by atoms with Gasteiger partial charge in [0.1, 0.15) is 5.75 Å². The van der Waals surface area contributed by atoms with Crippen molar-refractivity contribution in [3.05, 3.63) is 26.6 Å². The molecule has 6 heteroatoms. The number of nitrogens with zero attached hydrogens (tertiary/aromatic N) is 1. The Balaban J connectivity index is 2.01. The second-order valence-corrected chi connectivity index (χ2v) is 7.95. The van der Waals surface area contributed by atoms with Crippen LogP contribution < -0.4 is 10.1 Å². The van der Waals surface area contributed by atoms with Crippen LogP contribution in [0.25, 0.3) is 0 Å². The quantitative estimate of drug-likeness (QED) is 0.695. The zero-order valence-electron chi connectivity index (χ0n) is 12.1. The zero-order chi connectivity index (χ0) is 15.2. The number of unbranched alkanes of at least 4 members (excludes halogenated alkanes) is 1. The van der Waals surface area contributed by atoms with Gasteiger partial charge >= 0.3 is 0 Å². The Morgan fingerprint density at radius 3 is 2.95 bits per heavy atom. The minimum atomic E-state index is -0.370. The number of thiocarbonyl (C=S) groups is 1. The van der Waals surface area contributed by atoms with Crippen molar-refractivity contribution in [2.45, 2.75) is 44.9 Å². The first kappa shape index (κ1) is 15.6. The number of ether oxygens (including phenoxy) is 1. The summed E-state index contributed by atoms with van der Waals surface area (Å²) in [5.41, 5.74) is 0.789. The monoisotopic (exact) mass is 432 g/mol. The molecule has 0 saturated carbocycles. The molecule has 3 nitrogen and oxygen atoms in total. The lowest BCUT2D eigenvalue weighted by Gasteiger charge is -2.52. The number of hydrogen-bond acceptors (Lipinski definition) is 2. The molecule has 2 atom stereocenters. The molecule has 0 aromatic heterocycles. The Bertz CT molecular complexity index is 595. The van der Waals surface area contributed by atoms with E-state index in [1.54, 1.807) is 0 Å². The average Bonchev–Trinajstić information content (AvgIpc) is 2.40. The van der Waals surface area contributed by atoms with Crippen LogP contribution in [0, 0.1) is 0 Å². The molecule has 2 heterocycles. The summed E-state index contributed by atoms with van der Waals surface area (Å²) in [4.78, 5) is 2.19. The Labute approximate surface area is 147 Å². The van der Waals surface area contributed by atoms with Gasteiger partial charge in [-0.3, -0.25) is 0 Å². The molecule has 1 N–H and O–H groups in total. The van der Waals surface area contributed by atoms with Gasteiger partial charge in [-0.05, 0) is 53.6 Å². The average molecular weight is 434 g/mol. The SMILES string of the molecule is CCCCN1C(=S)NC2CC1(C)Oc1c(Br)cc(Br)cc12. The van der Waals surface area contributed by atoms with Crippen molar-refractivity contribution in [1.29, 1.82) is 0 Å². The molecular weight excluding hydrogens is 416 g/mol. The Morgan fingerprint density at radius 2 is 2.24 bits per heavy atom. The van der Waals surface area contributed by atoms with Crippen molar-refractivity contribution in [2.24, 2.45) is 0 Å². The standard InChI is InChI=1S/C15H18Br2N2OS/c1-3-4-5-19-14(21)18-12-8-15(19,2)20-13-10(12)6-9(16)7-11(13)17/h6-7,12H,3-5,8H2,1-2H3,(H,18,21). The summed E-state index contributed by atoms with van der Waals surface area (Å²) < 4.78 is 8.41. The summed E-state index contributed by atoms with van der Waals surface area (Å²) in [6.07, 6.45) is 3.15. The van der Waals surface area contributed by atoms with Crippen LogP contribution in [0.4, 0.5) is 0 Å². The topological polar surface area (TPSA) is 24.5 Å². The molecule has 21 heavy (non-hydrogen) atoms. The summed E-state index contributed by atoms with van der Waals surface area (Å²) >= 11 is 12.7. The Morgan fingerprint density at radius 1 is 1.48 bits per heavy atom. The molecule has 2 aliphatic rings. The predicted molar refractivity (Wildman–Crippen MR) is 95.6 cm³/mol. The summed E-state index contributed by atoms with van der Waals surface area (Å²) in [6.45, 7) is 5.26. The highest BCUT2D eigenvalue weighted by Gasteiger charge is 2.47.